The minimum absolute atomic E-state index is 0.310. The predicted octanol–water partition coefficient (Wildman–Crippen LogP) is 1.95. The van der Waals surface area contributed by atoms with E-state index in [2.05, 4.69) is 26.0 Å². The van der Waals surface area contributed by atoms with E-state index in [1.54, 1.807) is 0 Å². The molecule has 0 aliphatic heterocycles. The Bertz CT molecular complexity index is 123. The number of ether oxygens (including phenoxy) is 1. The van der Waals surface area contributed by atoms with Crippen molar-refractivity contribution in [3.8, 4) is 0 Å². The first-order valence-electron chi connectivity index (χ1n) is 4.65. The topological polar surface area (TPSA) is 35.2 Å². The van der Waals surface area contributed by atoms with Crippen LogP contribution in [0.15, 0.2) is 12.2 Å². The highest BCUT2D eigenvalue weighted by atomic mass is 16.5. The van der Waals surface area contributed by atoms with E-state index >= 15 is 0 Å². The zero-order valence-electron chi connectivity index (χ0n) is 8.42. The van der Waals surface area contributed by atoms with Crippen molar-refractivity contribution >= 4 is 0 Å². The lowest BCUT2D eigenvalue weighted by Gasteiger charge is -2.18. The summed E-state index contributed by atoms with van der Waals surface area (Å²) in [4.78, 5) is 0. The largest absolute Gasteiger partial charge is 0.377 e. The second-order valence-corrected chi connectivity index (χ2v) is 3.15. The molecule has 0 spiro atoms. The molecule has 0 aliphatic carbocycles. The summed E-state index contributed by atoms with van der Waals surface area (Å²) < 4.78 is 5.49. The lowest BCUT2D eigenvalue weighted by atomic mass is 10.0. The SMILES string of the molecule is C/C=C\CC(C)C(C)OCCN. The van der Waals surface area contributed by atoms with Crippen LogP contribution in [-0.4, -0.2) is 19.3 Å². The molecule has 0 aliphatic rings. The Morgan fingerprint density at radius 1 is 1.42 bits per heavy atom. The van der Waals surface area contributed by atoms with Crippen LogP contribution in [0.4, 0.5) is 0 Å². The Kier molecular flexibility index (Phi) is 7.11. The van der Waals surface area contributed by atoms with Crippen molar-refractivity contribution in [2.45, 2.75) is 33.3 Å². The van der Waals surface area contributed by atoms with Crippen LogP contribution in [0.1, 0.15) is 27.2 Å². The molecule has 0 saturated carbocycles. The third-order valence-corrected chi connectivity index (χ3v) is 2.04. The third-order valence-electron chi connectivity index (χ3n) is 2.04. The van der Waals surface area contributed by atoms with E-state index < -0.39 is 0 Å². The summed E-state index contributed by atoms with van der Waals surface area (Å²) in [6.45, 7) is 7.62. The van der Waals surface area contributed by atoms with Crippen molar-refractivity contribution in [3.05, 3.63) is 12.2 Å². The third kappa shape index (κ3) is 5.33. The van der Waals surface area contributed by atoms with E-state index in [1.165, 1.54) is 0 Å². The molecule has 0 saturated heterocycles. The normalized spacial score (nSPS) is 16.7. The van der Waals surface area contributed by atoms with Gasteiger partial charge in [-0.1, -0.05) is 19.1 Å². The van der Waals surface area contributed by atoms with Crippen LogP contribution in [0.3, 0.4) is 0 Å². The molecule has 72 valence electrons. The molecule has 0 heterocycles. The van der Waals surface area contributed by atoms with Crippen molar-refractivity contribution < 1.29 is 4.74 Å². The van der Waals surface area contributed by atoms with Gasteiger partial charge in [-0.3, -0.25) is 0 Å². The Morgan fingerprint density at radius 2 is 2.08 bits per heavy atom. The number of hydrogen-bond donors (Lipinski definition) is 1. The van der Waals surface area contributed by atoms with Crippen LogP contribution in [0.2, 0.25) is 0 Å². The molecule has 0 amide bonds. The fraction of sp³-hybridized carbons (Fsp3) is 0.800. The first-order valence-corrected chi connectivity index (χ1v) is 4.65. The van der Waals surface area contributed by atoms with Gasteiger partial charge in [-0.25, -0.2) is 0 Å². The van der Waals surface area contributed by atoms with Crippen LogP contribution in [0.25, 0.3) is 0 Å². The molecule has 0 radical (unpaired) electrons. The first-order chi connectivity index (χ1) is 5.72. The van der Waals surface area contributed by atoms with E-state index in [0.717, 1.165) is 6.42 Å². The maximum Gasteiger partial charge on any atom is 0.0592 e. The lowest BCUT2D eigenvalue weighted by Crippen LogP contribution is -2.21. The molecular formula is C10H21NO. The van der Waals surface area contributed by atoms with Crippen molar-refractivity contribution in [2.24, 2.45) is 11.7 Å². The highest BCUT2D eigenvalue weighted by Gasteiger charge is 2.09. The molecule has 0 aromatic carbocycles. The summed E-state index contributed by atoms with van der Waals surface area (Å²) in [6, 6.07) is 0. The average Bonchev–Trinajstić information content (AvgIpc) is 2.10. The van der Waals surface area contributed by atoms with Crippen LogP contribution in [0, 0.1) is 5.92 Å². The monoisotopic (exact) mass is 171 g/mol. The van der Waals surface area contributed by atoms with Gasteiger partial charge in [-0.2, -0.15) is 0 Å². The van der Waals surface area contributed by atoms with E-state index in [-0.39, 0.29) is 0 Å². The number of rotatable bonds is 6. The van der Waals surface area contributed by atoms with E-state index in [4.69, 9.17) is 10.5 Å². The lowest BCUT2D eigenvalue weighted by molar-refractivity contribution is 0.0360. The summed E-state index contributed by atoms with van der Waals surface area (Å²) in [5.74, 6) is 0.577. The van der Waals surface area contributed by atoms with Gasteiger partial charge < -0.3 is 10.5 Å². The Hall–Kier alpha value is -0.340. The minimum Gasteiger partial charge on any atom is -0.377 e. The van der Waals surface area contributed by atoms with Gasteiger partial charge in [0.2, 0.25) is 0 Å². The quantitative estimate of drug-likeness (QED) is 0.620. The highest BCUT2D eigenvalue weighted by Crippen LogP contribution is 2.11. The summed E-state index contributed by atoms with van der Waals surface area (Å²) in [5, 5.41) is 0. The van der Waals surface area contributed by atoms with Gasteiger partial charge in [-0.05, 0) is 26.2 Å². The zero-order valence-corrected chi connectivity index (χ0v) is 8.42. The van der Waals surface area contributed by atoms with Gasteiger partial charge in [0.25, 0.3) is 0 Å². The van der Waals surface area contributed by atoms with Gasteiger partial charge in [0.05, 0.1) is 12.7 Å². The Labute approximate surface area is 75.8 Å². The van der Waals surface area contributed by atoms with E-state index in [0.29, 0.717) is 25.2 Å². The summed E-state index contributed by atoms with van der Waals surface area (Å²) in [7, 11) is 0. The van der Waals surface area contributed by atoms with Crippen molar-refractivity contribution in [3.63, 3.8) is 0 Å². The highest BCUT2D eigenvalue weighted by molar-refractivity contribution is 4.80. The molecular weight excluding hydrogens is 150 g/mol. The second kappa shape index (κ2) is 7.32. The van der Waals surface area contributed by atoms with Crippen LogP contribution >= 0.6 is 0 Å². The first kappa shape index (κ1) is 11.7. The van der Waals surface area contributed by atoms with Crippen molar-refractivity contribution in [1.29, 1.82) is 0 Å². The molecule has 0 fully saturated rings. The zero-order chi connectivity index (χ0) is 9.40. The van der Waals surface area contributed by atoms with Crippen LogP contribution < -0.4 is 5.73 Å². The van der Waals surface area contributed by atoms with Crippen LogP contribution in [-0.2, 0) is 4.74 Å². The molecule has 0 aromatic rings. The maximum absolute atomic E-state index is 5.49. The van der Waals surface area contributed by atoms with E-state index in [1.807, 2.05) is 6.92 Å². The molecule has 0 bridgehead atoms. The van der Waals surface area contributed by atoms with Gasteiger partial charge in [0.15, 0.2) is 0 Å². The number of nitrogens with two attached hydrogens (primary N) is 1. The van der Waals surface area contributed by atoms with Gasteiger partial charge in [0.1, 0.15) is 0 Å². The van der Waals surface area contributed by atoms with E-state index in [9.17, 15) is 0 Å². The summed E-state index contributed by atoms with van der Waals surface area (Å²) >= 11 is 0. The molecule has 2 N–H and O–H groups in total. The average molecular weight is 171 g/mol. The maximum atomic E-state index is 5.49. The van der Waals surface area contributed by atoms with Crippen LogP contribution in [0.5, 0.6) is 0 Å². The van der Waals surface area contributed by atoms with Crippen molar-refractivity contribution in [1.82, 2.24) is 0 Å². The standard InChI is InChI=1S/C10H21NO/c1-4-5-6-9(2)10(3)12-8-7-11/h4-5,9-10H,6-8,11H2,1-3H3/b5-4-. The summed E-state index contributed by atoms with van der Waals surface area (Å²) in [5.41, 5.74) is 5.34. The van der Waals surface area contributed by atoms with Crippen molar-refractivity contribution in [2.75, 3.05) is 13.2 Å². The minimum atomic E-state index is 0.310. The Morgan fingerprint density at radius 3 is 2.58 bits per heavy atom. The smallest absolute Gasteiger partial charge is 0.0592 e. The molecule has 0 aromatic heterocycles. The number of hydrogen-bond acceptors (Lipinski definition) is 2. The summed E-state index contributed by atoms with van der Waals surface area (Å²) in [6.07, 6.45) is 5.64. The van der Waals surface area contributed by atoms with Gasteiger partial charge in [0, 0.05) is 6.54 Å². The molecule has 12 heavy (non-hydrogen) atoms. The molecule has 2 unspecified atom stereocenters. The fourth-order valence-electron chi connectivity index (χ4n) is 0.961. The molecule has 0 rings (SSSR count). The second-order valence-electron chi connectivity index (χ2n) is 3.15. The van der Waals surface area contributed by atoms with Gasteiger partial charge >= 0.3 is 0 Å². The van der Waals surface area contributed by atoms with Gasteiger partial charge in [-0.15, -0.1) is 0 Å². The Balaban J connectivity index is 3.53. The molecule has 2 nitrogen and oxygen atoms in total. The number of allylic oxidation sites excluding steroid dienone is 2. The fourth-order valence-corrected chi connectivity index (χ4v) is 0.961. The predicted molar refractivity (Wildman–Crippen MR) is 53.1 cm³/mol. The molecule has 2 atom stereocenters. The molecule has 2 heteroatoms.